The summed E-state index contributed by atoms with van der Waals surface area (Å²) in [4.78, 5) is 22.5. The number of aromatic nitrogens is 1. The fourth-order valence-corrected chi connectivity index (χ4v) is 5.80. The number of piperidine rings is 1. The van der Waals surface area contributed by atoms with E-state index < -0.39 is 23.6 Å². The number of nitrogens with zero attached hydrogens (tertiary/aromatic N) is 4. The highest BCUT2D eigenvalue weighted by atomic mass is 19.4. The van der Waals surface area contributed by atoms with Crippen LogP contribution < -0.4 is 24.4 Å². The number of anilines is 2. The number of carbonyl (C=O) groups is 1. The fraction of sp³-hybridized carbons (Fsp3) is 0.333. The Morgan fingerprint density at radius 2 is 1.80 bits per heavy atom. The summed E-state index contributed by atoms with van der Waals surface area (Å²) in [6, 6.07) is 13.4. The van der Waals surface area contributed by atoms with Crippen LogP contribution in [0.5, 0.6) is 23.0 Å². The monoisotopic (exact) mass is 679 g/mol. The van der Waals surface area contributed by atoms with E-state index >= 15 is 4.39 Å². The highest BCUT2D eigenvalue weighted by Crippen LogP contribution is 2.38. The van der Waals surface area contributed by atoms with Crippen molar-refractivity contribution in [2.24, 2.45) is 5.92 Å². The number of hydrogen-bond acceptors (Lipinski definition) is 7. The predicted molar refractivity (Wildman–Crippen MR) is 179 cm³/mol. The molecule has 1 saturated heterocycles. The highest BCUT2D eigenvalue weighted by molar-refractivity contribution is 5.91. The van der Waals surface area contributed by atoms with Gasteiger partial charge >= 0.3 is 12.2 Å². The molecule has 3 heterocycles. The lowest BCUT2D eigenvalue weighted by molar-refractivity contribution is -0.137. The van der Waals surface area contributed by atoms with Gasteiger partial charge in [0.1, 0.15) is 12.4 Å². The van der Waals surface area contributed by atoms with Crippen LogP contribution in [0.25, 0.3) is 10.9 Å². The Bertz CT molecular complexity index is 1830. The SMILES string of the molecule is COc1cc2c(Oc3ccc(NC(=O)N4C=CN(c5cccc(C(F)(F)F)c5)C4)cc3F)ccnc2cc1OCCCN1CCC(C)CC1. The molecule has 1 fully saturated rings. The maximum absolute atomic E-state index is 15.2. The topological polar surface area (TPSA) is 79.4 Å². The molecule has 49 heavy (non-hydrogen) atoms. The molecule has 2 aliphatic rings. The van der Waals surface area contributed by atoms with Crippen molar-refractivity contribution in [1.82, 2.24) is 14.8 Å². The molecular weight excluding hydrogens is 642 g/mol. The second-order valence-electron chi connectivity index (χ2n) is 12.2. The Kier molecular flexibility index (Phi) is 10.1. The van der Waals surface area contributed by atoms with Crippen LogP contribution in [0.4, 0.5) is 33.7 Å². The summed E-state index contributed by atoms with van der Waals surface area (Å²) in [6.07, 6.45) is 3.34. The van der Waals surface area contributed by atoms with Gasteiger partial charge in [-0.2, -0.15) is 13.2 Å². The van der Waals surface area contributed by atoms with Crippen LogP contribution in [0, 0.1) is 11.7 Å². The lowest BCUT2D eigenvalue weighted by Crippen LogP contribution is -2.34. The van der Waals surface area contributed by atoms with Gasteiger partial charge in [0.05, 0.1) is 24.8 Å². The second kappa shape index (κ2) is 14.6. The summed E-state index contributed by atoms with van der Waals surface area (Å²) < 4.78 is 72.3. The zero-order valence-electron chi connectivity index (χ0n) is 27.2. The number of carbonyl (C=O) groups excluding carboxylic acids is 1. The number of ether oxygens (including phenoxy) is 3. The van der Waals surface area contributed by atoms with E-state index in [9.17, 15) is 18.0 Å². The van der Waals surface area contributed by atoms with Gasteiger partial charge in [0.25, 0.3) is 0 Å². The Morgan fingerprint density at radius 3 is 2.55 bits per heavy atom. The van der Waals surface area contributed by atoms with Crippen LogP contribution in [-0.4, -0.2) is 60.8 Å². The van der Waals surface area contributed by atoms with E-state index in [0.29, 0.717) is 34.8 Å². The molecule has 2 aliphatic heterocycles. The maximum Gasteiger partial charge on any atom is 0.416 e. The molecule has 0 saturated carbocycles. The molecule has 0 radical (unpaired) electrons. The molecule has 0 aliphatic carbocycles. The van der Waals surface area contributed by atoms with Crippen LogP contribution in [0.3, 0.4) is 0 Å². The minimum Gasteiger partial charge on any atom is -0.493 e. The molecule has 0 bridgehead atoms. The highest BCUT2D eigenvalue weighted by Gasteiger charge is 2.31. The Morgan fingerprint density at radius 1 is 0.980 bits per heavy atom. The molecule has 0 spiro atoms. The maximum atomic E-state index is 15.2. The van der Waals surface area contributed by atoms with Crippen molar-refractivity contribution in [2.75, 3.05) is 50.2 Å². The van der Waals surface area contributed by atoms with Crippen molar-refractivity contribution >= 4 is 28.3 Å². The first kappa shape index (κ1) is 33.8. The summed E-state index contributed by atoms with van der Waals surface area (Å²) in [5.41, 5.74) is 0.233. The zero-order valence-corrected chi connectivity index (χ0v) is 27.2. The average Bonchev–Trinajstić information content (AvgIpc) is 3.59. The van der Waals surface area contributed by atoms with Gasteiger partial charge in [-0.25, -0.2) is 9.18 Å². The van der Waals surface area contributed by atoms with Crippen LogP contribution in [0.15, 0.2) is 79.3 Å². The van der Waals surface area contributed by atoms with Crippen molar-refractivity contribution in [3.63, 3.8) is 0 Å². The number of halogens is 4. The van der Waals surface area contributed by atoms with Crippen molar-refractivity contribution in [3.8, 4) is 23.0 Å². The third kappa shape index (κ3) is 8.16. The average molecular weight is 680 g/mol. The van der Waals surface area contributed by atoms with Gasteiger partial charge in [-0.15, -0.1) is 0 Å². The zero-order chi connectivity index (χ0) is 34.5. The van der Waals surface area contributed by atoms with Crippen molar-refractivity contribution in [3.05, 3.63) is 90.6 Å². The first-order valence-corrected chi connectivity index (χ1v) is 16.1. The molecule has 4 aromatic rings. The molecule has 6 rings (SSSR count). The number of nitrogens with one attached hydrogen (secondary N) is 1. The van der Waals surface area contributed by atoms with Crippen LogP contribution in [0.1, 0.15) is 31.7 Å². The Balaban J connectivity index is 1.07. The third-order valence-electron chi connectivity index (χ3n) is 8.64. The van der Waals surface area contributed by atoms with E-state index in [1.807, 2.05) is 0 Å². The first-order valence-electron chi connectivity index (χ1n) is 16.1. The van der Waals surface area contributed by atoms with Crippen LogP contribution in [-0.2, 0) is 6.18 Å². The van der Waals surface area contributed by atoms with Gasteiger partial charge in [0.2, 0.25) is 0 Å². The van der Waals surface area contributed by atoms with Gasteiger partial charge in [0.15, 0.2) is 23.1 Å². The smallest absolute Gasteiger partial charge is 0.416 e. The Hall–Kier alpha value is -5.04. The number of methoxy groups -OCH3 is 1. The number of fused-ring (bicyclic) bond motifs is 1. The molecule has 1 aromatic heterocycles. The van der Waals surface area contributed by atoms with E-state index in [4.69, 9.17) is 14.2 Å². The minimum atomic E-state index is -4.49. The lowest BCUT2D eigenvalue weighted by Gasteiger charge is -2.30. The number of benzene rings is 3. The minimum absolute atomic E-state index is 0.0276. The van der Waals surface area contributed by atoms with Crippen LogP contribution in [0.2, 0.25) is 0 Å². The molecule has 3 aromatic carbocycles. The molecular formula is C36H37F4N5O4. The van der Waals surface area contributed by atoms with E-state index in [1.54, 1.807) is 31.5 Å². The predicted octanol–water partition coefficient (Wildman–Crippen LogP) is 8.48. The largest absolute Gasteiger partial charge is 0.493 e. The lowest BCUT2D eigenvalue weighted by atomic mass is 9.99. The summed E-state index contributed by atoms with van der Waals surface area (Å²) >= 11 is 0. The van der Waals surface area contributed by atoms with Crippen molar-refractivity contribution in [1.29, 1.82) is 0 Å². The van der Waals surface area contributed by atoms with E-state index in [0.717, 1.165) is 50.2 Å². The molecule has 258 valence electrons. The third-order valence-corrected chi connectivity index (χ3v) is 8.64. The van der Waals surface area contributed by atoms with Crippen molar-refractivity contribution < 1.29 is 36.6 Å². The van der Waals surface area contributed by atoms with Gasteiger partial charge < -0.3 is 29.3 Å². The molecule has 9 nitrogen and oxygen atoms in total. The molecule has 0 atom stereocenters. The number of pyridine rings is 1. The number of rotatable bonds is 10. The summed E-state index contributed by atoms with van der Waals surface area (Å²) in [7, 11) is 1.55. The first-order chi connectivity index (χ1) is 23.6. The Labute approximate surface area is 281 Å². The van der Waals surface area contributed by atoms with Gasteiger partial charge in [-0.1, -0.05) is 13.0 Å². The normalized spacial score (nSPS) is 15.6. The van der Waals surface area contributed by atoms with Crippen LogP contribution >= 0.6 is 0 Å². The van der Waals surface area contributed by atoms with E-state index in [1.165, 1.54) is 59.3 Å². The van der Waals surface area contributed by atoms with E-state index in [2.05, 4.69) is 22.1 Å². The number of amides is 2. The number of alkyl halides is 3. The standard InChI is InChI=1S/C36H37F4N5O4/c1-24-10-14-43(15-11-24)13-4-18-48-34-22-30-28(21-33(34)47-2)31(9-12-41-30)49-32-8-7-26(20-29(32)37)42-35(46)45-17-16-44(23-45)27-6-3-5-25(19-27)36(38,39)40/h3,5-9,12,16-17,19-22,24H,4,10-11,13-15,18,23H2,1-2H3,(H,42,46). The van der Waals surface area contributed by atoms with Gasteiger partial charge in [0, 0.05) is 54.0 Å². The second-order valence-corrected chi connectivity index (χ2v) is 12.2. The molecule has 1 N–H and O–H groups in total. The summed E-state index contributed by atoms with van der Waals surface area (Å²) in [5, 5.41) is 3.20. The van der Waals surface area contributed by atoms with Crippen molar-refractivity contribution in [2.45, 2.75) is 32.4 Å². The number of likely N-dealkylation sites (tertiary alicyclic amines) is 1. The number of hydrogen-bond donors (Lipinski definition) is 1. The number of urea groups is 1. The molecule has 13 heteroatoms. The van der Waals surface area contributed by atoms with Gasteiger partial charge in [-0.3, -0.25) is 9.88 Å². The summed E-state index contributed by atoms with van der Waals surface area (Å²) in [5.74, 6) is 1.40. The van der Waals surface area contributed by atoms with E-state index in [-0.39, 0.29) is 23.8 Å². The summed E-state index contributed by atoms with van der Waals surface area (Å²) in [6.45, 7) is 6.02. The fourth-order valence-electron chi connectivity index (χ4n) is 5.80. The van der Waals surface area contributed by atoms with Gasteiger partial charge in [-0.05, 0) is 80.7 Å². The quantitative estimate of drug-likeness (QED) is 0.133. The molecule has 0 unspecified atom stereocenters. The molecule has 2 amide bonds.